The van der Waals surface area contributed by atoms with Crippen LogP contribution in [0.4, 0.5) is 0 Å². The van der Waals surface area contributed by atoms with Gasteiger partial charge in [0.15, 0.2) is 5.78 Å². The standard InChI is InChI=1S/C44H69N3O7/c1-40(2,3)33(24-31(48)23-32(29-15-9-8-10-16-29)38(52)46-19-20-54-41(4,5)26-46)39(53)47-27-44(42(6,7)43(44)17-12-18-43)25-34(47)35(49)22-30(36(50)37(45)51)21-28-13-11-14-28/h28-30,32-34H,8-27H2,1-7H3,(H2,45,51)/t30?,32-,33+,34-,44+/m0/s1. The van der Waals surface area contributed by atoms with Crippen molar-refractivity contribution in [2.45, 2.75) is 163 Å². The van der Waals surface area contributed by atoms with E-state index in [2.05, 4.69) is 13.8 Å². The van der Waals surface area contributed by atoms with Crippen LogP contribution in [0.2, 0.25) is 0 Å². The minimum atomic E-state index is -1.01. The van der Waals surface area contributed by atoms with Crippen LogP contribution >= 0.6 is 0 Å². The van der Waals surface area contributed by atoms with Crippen molar-refractivity contribution in [2.24, 2.45) is 57.0 Å². The van der Waals surface area contributed by atoms with Gasteiger partial charge in [0, 0.05) is 62.1 Å². The lowest BCUT2D eigenvalue weighted by Crippen LogP contribution is -2.53. The second kappa shape index (κ2) is 15.0. The molecule has 10 heteroatoms. The minimum Gasteiger partial charge on any atom is -0.372 e. The molecule has 54 heavy (non-hydrogen) atoms. The number of ether oxygens (including phenoxy) is 1. The Labute approximate surface area is 323 Å². The SMILES string of the molecule is CC1(C)CN(C(=O)[C@@H](CC(=O)C[C@H](C(=O)N2C[C@]3(C[C@H]2C(=O)CC(CC2CCC2)C(=O)C(N)=O)C(C)(C)C32CCC2)C(C)(C)C)C2CCCCC2)CCO1. The fraction of sp³-hybridized carbons (Fsp3) is 0.864. The molecule has 0 radical (unpaired) electrons. The summed E-state index contributed by atoms with van der Waals surface area (Å²) in [4.78, 5) is 86.9. The second-order valence-electron chi connectivity index (χ2n) is 20.7. The smallest absolute Gasteiger partial charge is 0.285 e. The average molecular weight is 752 g/mol. The summed E-state index contributed by atoms with van der Waals surface area (Å²) in [5.74, 6) is -3.55. The van der Waals surface area contributed by atoms with Crippen LogP contribution < -0.4 is 5.73 Å². The Kier molecular flexibility index (Phi) is 11.4. The van der Waals surface area contributed by atoms with E-state index in [0.717, 1.165) is 70.6 Å². The molecule has 2 spiro atoms. The highest BCUT2D eigenvalue weighted by atomic mass is 16.5. The van der Waals surface area contributed by atoms with Crippen molar-refractivity contribution in [2.75, 3.05) is 26.2 Å². The van der Waals surface area contributed by atoms with Gasteiger partial charge in [-0.15, -0.1) is 0 Å². The molecule has 4 aliphatic carbocycles. The molecular formula is C44H69N3O7. The van der Waals surface area contributed by atoms with Crippen LogP contribution in [0.5, 0.6) is 0 Å². The molecule has 2 aliphatic heterocycles. The van der Waals surface area contributed by atoms with Crippen molar-refractivity contribution in [3.8, 4) is 0 Å². The van der Waals surface area contributed by atoms with Crippen LogP contribution in [0, 0.1) is 51.2 Å². The number of carbonyl (C=O) groups is 6. The first-order valence-electron chi connectivity index (χ1n) is 21.3. The lowest BCUT2D eigenvalue weighted by molar-refractivity contribution is -0.154. The van der Waals surface area contributed by atoms with Gasteiger partial charge in [0.2, 0.25) is 17.6 Å². The Morgan fingerprint density at radius 1 is 0.796 bits per heavy atom. The summed E-state index contributed by atoms with van der Waals surface area (Å²) in [7, 11) is 0. The Hall–Kier alpha value is -2.62. The predicted octanol–water partition coefficient (Wildman–Crippen LogP) is 6.45. The third kappa shape index (κ3) is 7.47. The molecule has 3 amide bonds. The number of primary amides is 1. The van der Waals surface area contributed by atoms with Crippen LogP contribution in [0.1, 0.15) is 151 Å². The van der Waals surface area contributed by atoms with Crippen LogP contribution in [0.25, 0.3) is 0 Å². The van der Waals surface area contributed by atoms with Crippen molar-refractivity contribution in [1.82, 2.24) is 9.80 Å². The molecule has 0 bridgehead atoms. The zero-order chi connectivity index (χ0) is 39.4. The van der Waals surface area contributed by atoms with Crippen LogP contribution in [0.15, 0.2) is 0 Å². The molecule has 0 aromatic carbocycles. The zero-order valence-corrected chi connectivity index (χ0v) is 34.4. The first kappa shape index (κ1) is 41.0. The molecule has 4 saturated carbocycles. The predicted molar refractivity (Wildman–Crippen MR) is 206 cm³/mol. The van der Waals surface area contributed by atoms with Gasteiger partial charge in [0.05, 0.1) is 18.2 Å². The van der Waals surface area contributed by atoms with Crippen molar-refractivity contribution in [3.05, 3.63) is 0 Å². The van der Waals surface area contributed by atoms with Gasteiger partial charge < -0.3 is 20.3 Å². The van der Waals surface area contributed by atoms with Crippen molar-refractivity contribution >= 4 is 35.1 Å². The number of amides is 3. The summed E-state index contributed by atoms with van der Waals surface area (Å²) in [6.45, 7) is 16.4. The molecular weight excluding hydrogens is 682 g/mol. The quantitative estimate of drug-likeness (QED) is 0.201. The number of rotatable bonds is 14. The molecule has 6 fully saturated rings. The molecule has 6 rings (SSSR count). The molecule has 5 atom stereocenters. The Morgan fingerprint density at radius 2 is 1.46 bits per heavy atom. The maximum atomic E-state index is 15.1. The number of carbonyl (C=O) groups excluding carboxylic acids is 6. The van der Waals surface area contributed by atoms with Crippen LogP contribution in [-0.4, -0.2) is 82.8 Å². The zero-order valence-electron chi connectivity index (χ0n) is 34.4. The second-order valence-corrected chi connectivity index (χ2v) is 20.7. The summed E-state index contributed by atoms with van der Waals surface area (Å²) in [6.07, 6.45) is 12.5. The maximum absolute atomic E-state index is 15.1. The number of hydrogen-bond acceptors (Lipinski definition) is 7. The van der Waals surface area contributed by atoms with E-state index >= 15 is 4.79 Å². The van der Waals surface area contributed by atoms with Gasteiger partial charge in [-0.2, -0.15) is 0 Å². The third-order valence-electron chi connectivity index (χ3n) is 15.9. The fourth-order valence-electron chi connectivity index (χ4n) is 12.1. The molecule has 2 saturated heterocycles. The highest BCUT2D eigenvalue weighted by Gasteiger charge is 2.85. The van der Waals surface area contributed by atoms with E-state index in [-0.39, 0.29) is 64.8 Å². The number of nitrogens with zero attached hydrogens (tertiary/aromatic N) is 2. The average Bonchev–Trinajstić information content (AvgIpc) is 3.27. The molecule has 1 unspecified atom stereocenters. The third-order valence-corrected chi connectivity index (χ3v) is 15.9. The van der Waals surface area contributed by atoms with Gasteiger partial charge in [-0.05, 0) is 80.5 Å². The van der Waals surface area contributed by atoms with E-state index in [1.807, 2.05) is 39.5 Å². The van der Waals surface area contributed by atoms with E-state index in [0.29, 0.717) is 45.0 Å². The van der Waals surface area contributed by atoms with Crippen LogP contribution in [-0.2, 0) is 33.5 Å². The summed E-state index contributed by atoms with van der Waals surface area (Å²) in [5, 5.41) is 0. The number of nitrogens with two attached hydrogens (primary N) is 1. The monoisotopic (exact) mass is 752 g/mol. The van der Waals surface area contributed by atoms with Gasteiger partial charge in [0.1, 0.15) is 5.78 Å². The molecule has 0 aromatic heterocycles. The van der Waals surface area contributed by atoms with Crippen molar-refractivity contribution in [3.63, 3.8) is 0 Å². The van der Waals surface area contributed by atoms with E-state index in [1.54, 1.807) is 4.90 Å². The number of fused-ring (bicyclic) bond motifs is 1. The summed E-state index contributed by atoms with van der Waals surface area (Å²) in [5.41, 5.74) is 4.28. The molecule has 2 N–H and O–H groups in total. The number of hydrogen-bond donors (Lipinski definition) is 1. The number of Topliss-reactive ketones (excluding diaryl/α,β-unsaturated/α-hetero) is 3. The number of morpholine rings is 1. The summed E-state index contributed by atoms with van der Waals surface area (Å²) in [6, 6.07) is -0.720. The lowest BCUT2D eigenvalue weighted by Gasteiger charge is -2.41. The van der Waals surface area contributed by atoms with Gasteiger partial charge in [-0.1, -0.05) is 79.6 Å². The Balaban J connectivity index is 1.24. The van der Waals surface area contributed by atoms with Gasteiger partial charge in [-0.3, -0.25) is 28.8 Å². The first-order valence-corrected chi connectivity index (χ1v) is 21.3. The summed E-state index contributed by atoms with van der Waals surface area (Å²) >= 11 is 0. The van der Waals surface area contributed by atoms with Crippen LogP contribution in [0.3, 0.4) is 0 Å². The van der Waals surface area contributed by atoms with Crippen molar-refractivity contribution < 1.29 is 33.5 Å². The Morgan fingerprint density at radius 3 is 1.98 bits per heavy atom. The molecule has 10 nitrogen and oxygen atoms in total. The van der Waals surface area contributed by atoms with E-state index in [9.17, 15) is 24.0 Å². The summed E-state index contributed by atoms with van der Waals surface area (Å²) < 4.78 is 5.90. The lowest BCUT2D eigenvalue weighted by atomic mass is 9.73. The van der Waals surface area contributed by atoms with E-state index in [4.69, 9.17) is 10.5 Å². The number of ketones is 3. The normalized spacial score (nSPS) is 29.2. The Bertz CT molecular complexity index is 1500. The minimum absolute atomic E-state index is 0.0108. The topological polar surface area (TPSA) is 144 Å². The van der Waals surface area contributed by atoms with Gasteiger partial charge in [0.25, 0.3) is 5.91 Å². The largest absolute Gasteiger partial charge is 0.372 e. The van der Waals surface area contributed by atoms with Gasteiger partial charge in [-0.25, -0.2) is 0 Å². The molecule has 6 aliphatic rings. The van der Waals surface area contributed by atoms with E-state index < -0.39 is 46.5 Å². The van der Waals surface area contributed by atoms with Crippen molar-refractivity contribution in [1.29, 1.82) is 0 Å². The first-order chi connectivity index (χ1) is 25.2. The fourth-order valence-corrected chi connectivity index (χ4v) is 12.1. The molecule has 2 heterocycles. The van der Waals surface area contributed by atoms with Gasteiger partial charge >= 0.3 is 0 Å². The molecule has 302 valence electrons. The number of likely N-dealkylation sites (tertiary alicyclic amines) is 1. The highest BCUT2D eigenvalue weighted by Crippen LogP contribution is 2.88. The highest BCUT2D eigenvalue weighted by molar-refractivity contribution is 6.36. The maximum Gasteiger partial charge on any atom is 0.285 e. The molecule has 0 aromatic rings. The van der Waals surface area contributed by atoms with E-state index in [1.165, 1.54) is 0 Å².